The zero-order valence-corrected chi connectivity index (χ0v) is 20.3. The summed E-state index contributed by atoms with van der Waals surface area (Å²) in [7, 11) is -3.73. The van der Waals surface area contributed by atoms with Gasteiger partial charge in [0.05, 0.1) is 23.7 Å². The molecule has 36 heavy (non-hydrogen) atoms. The van der Waals surface area contributed by atoms with Crippen molar-refractivity contribution in [3.8, 4) is 11.1 Å². The Labute approximate surface area is 208 Å². The Hall–Kier alpha value is -3.83. The summed E-state index contributed by atoms with van der Waals surface area (Å²) in [6.45, 7) is 1.91. The van der Waals surface area contributed by atoms with Crippen molar-refractivity contribution < 1.29 is 27.1 Å². The molecule has 2 amide bonds. The second-order valence-corrected chi connectivity index (χ2v) is 9.98. The number of benzene rings is 2. The largest absolute Gasteiger partial charge is 0.442 e. The number of nitrogens with zero attached hydrogens (tertiary/aromatic N) is 2. The minimum Gasteiger partial charge on any atom is -0.442 e. The molecule has 1 aliphatic rings. The zero-order valence-electron chi connectivity index (χ0n) is 19.5. The lowest BCUT2D eigenvalue weighted by atomic mass is 10.0. The van der Waals surface area contributed by atoms with Crippen molar-refractivity contribution in [1.29, 1.82) is 0 Å². The van der Waals surface area contributed by atoms with Crippen LogP contribution in [0.3, 0.4) is 0 Å². The third kappa shape index (κ3) is 6.04. The highest BCUT2D eigenvalue weighted by Crippen LogP contribution is 2.29. The second-order valence-electron chi connectivity index (χ2n) is 8.21. The number of nitrogens with one attached hydrogen (secondary N) is 2. The van der Waals surface area contributed by atoms with Gasteiger partial charge in [0, 0.05) is 37.3 Å². The molecule has 9 nitrogen and oxygen atoms in total. The van der Waals surface area contributed by atoms with Crippen molar-refractivity contribution in [3.05, 3.63) is 78.4 Å². The molecule has 3 aromatic rings. The Balaban J connectivity index is 1.41. The van der Waals surface area contributed by atoms with Gasteiger partial charge >= 0.3 is 6.09 Å². The first-order chi connectivity index (χ1) is 17.2. The van der Waals surface area contributed by atoms with E-state index in [1.165, 1.54) is 48.2 Å². The fourth-order valence-corrected chi connectivity index (χ4v) is 4.79. The average Bonchev–Trinajstić information content (AvgIpc) is 3.24. The predicted molar refractivity (Wildman–Crippen MR) is 131 cm³/mol. The third-order valence-electron chi connectivity index (χ3n) is 5.59. The van der Waals surface area contributed by atoms with Crippen LogP contribution < -0.4 is 14.9 Å². The second kappa shape index (κ2) is 10.8. The van der Waals surface area contributed by atoms with E-state index in [4.69, 9.17) is 4.74 Å². The lowest BCUT2D eigenvalue weighted by Gasteiger charge is -2.15. The molecule has 2 aromatic carbocycles. The maximum atomic E-state index is 15.0. The molecule has 1 fully saturated rings. The van der Waals surface area contributed by atoms with E-state index < -0.39 is 28.0 Å². The Morgan fingerprint density at radius 3 is 2.61 bits per heavy atom. The third-order valence-corrected chi connectivity index (χ3v) is 7.07. The number of cyclic esters (lactones) is 1. The lowest BCUT2D eigenvalue weighted by Crippen LogP contribution is -2.33. The van der Waals surface area contributed by atoms with Gasteiger partial charge in [0.2, 0.25) is 15.9 Å². The van der Waals surface area contributed by atoms with Gasteiger partial charge in [-0.1, -0.05) is 18.2 Å². The summed E-state index contributed by atoms with van der Waals surface area (Å²) in [4.78, 5) is 28.8. The SMILES string of the molecule is CC(=O)NCC1CN(c2ccc(-c3ccc(S(=O)(=O)NCCc4ccccn4)cc3)c(F)c2)C(=O)O1. The van der Waals surface area contributed by atoms with Gasteiger partial charge in [-0.05, 0) is 48.0 Å². The van der Waals surface area contributed by atoms with Crippen molar-refractivity contribution >= 4 is 27.7 Å². The number of aromatic nitrogens is 1. The number of hydrogen-bond acceptors (Lipinski definition) is 6. The smallest absolute Gasteiger partial charge is 0.414 e. The van der Waals surface area contributed by atoms with Gasteiger partial charge in [0.15, 0.2) is 0 Å². The van der Waals surface area contributed by atoms with Crippen LogP contribution in [-0.4, -0.2) is 51.1 Å². The van der Waals surface area contributed by atoms with Crippen LogP contribution in [0.25, 0.3) is 11.1 Å². The summed E-state index contributed by atoms with van der Waals surface area (Å²) in [6, 6.07) is 15.7. The minimum atomic E-state index is -3.73. The zero-order chi connectivity index (χ0) is 25.7. The van der Waals surface area contributed by atoms with E-state index >= 15 is 0 Å². The molecule has 4 rings (SSSR count). The Bertz CT molecular complexity index is 1350. The molecule has 1 atom stereocenters. The van der Waals surface area contributed by atoms with Crippen molar-refractivity contribution in [3.63, 3.8) is 0 Å². The molecule has 11 heteroatoms. The molecule has 0 radical (unpaired) electrons. The molecule has 2 heterocycles. The quantitative estimate of drug-likeness (QED) is 0.455. The number of halogens is 1. The first kappa shape index (κ1) is 25.3. The topological polar surface area (TPSA) is 118 Å². The summed E-state index contributed by atoms with van der Waals surface area (Å²) in [5.74, 6) is -0.811. The highest BCUT2D eigenvalue weighted by molar-refractivity contribution is 7.89. The van der Waals surface area contributed by atoms with Crippen LogP contribution in [0.1, 0.15) is 12.6 Å². The Morgan fingerprint density at radius 1 is 1.17 bits per heavy atom. The van der Waals surface area contributed by atoms with Crippen LogP contribution in [0.2, 0.25) is 0 Å². The molecule has 0 aliphatic carbocycles. The van der Waals surface area contributed by atoms with E-state index in [2.05, 4.69) is 15.0 Å². The van der Waals surface area contributed by atoms with Crippen LogP contribution in [0.4, 0.5) is 14.9 Å². The van der Waals surface area contributed by atoms with Gasteiger partial charge in [0.25, 0.3) is 0 Å². The number of sulfonamides is 1. The Kier molecular flexibility index (Phi) is 7.61. The number of hydrogen-bond donors (Lipinski definition) is 2. The summed E-state index contributed by atoms with van der Waals surface area (Å²) in [6.07, 6.45) is 0.948. The molecule has 1 aromatic heterocycles. The van der Waals surface area contributed by atoms with Gasteiger partial charge in [-0.15, -0.1) is 0 Å². The summed E-state index contributed by atoms with van der Waals surface area (Å²) < 4.78 is 47.9. The number of carbonyl (C=O) groups is 2. The van der Waals surface area contributed by atoms with Gasteiger partial charge in [-0.3, -0.25) is 14.7 Å². The van der Waals surface area contributed by atoms with E-state index in [1.54, 1.807) is 18.3 Å². The summed E-state index contributed by atoms with van der Waals surface area (Å²) in [5, 5.41) is 2.59. The number of carbonyl (C=O) groups excluding carboxylic acids is 2. The number of ether oxygens (including phenoxy) is 1. The van der Waals surface area contributed by atoms with Gasteiger partial charge in [0.1, 0.15) is 11.9 Å². The maximum Gasteiger partial charge on any atom is 0.414 e. The monoisotopic (exact) mass is 512 g/mol. The highest BCUT2D eigenvalue weighted by atomic mass is 32.2. The number of pyridine rings is 1. The molecule has 0 spiro atoms. The van der Waals surface area contributed by atoms with E-state index in [-0.39, 0.29) is 36.0 Å². The molecule has 0 bridgehead atoms. The fourth-order valence-electron chi connectivity index (χ4n) is 3.76. The van der Waals surface area contributed by atoms with Crippen molar-refractivity contribution in [2.24, 2.45) is 0 Å². The molecular formula is C25H25FN4O5S. The summed E-state index contributed by atoms with van der Waals surface area (Å²) in [5.41, 5.74) is 1.84. The van der Waals surface area contributed by atoms with Crippen molar-refractivity contribution in [2.75, 3.05) is 24.5 Å². The summed E-state index contributed by atoms with van der Waals surface area (Å²) >= 11 is 0. The van der Waals surface area contributed by atoms with E-state index in [9.17, 15) is 22.4 Å². The average molecular weight is 513 g/mol. The fraction of sp³-hybridized carbons (Fsp3) is 0.240. The molecule has 2 N–H and O–H groups in total. The maximum absolute atomic E-state index is 15.0. The molecule has 188 valence electrons. The molecular weight excluding hydrogens is 487 g/mol. The number of amides is 2. The van der Waals surface area contributed by atoms with Gasteiger partial charge < -0.3 is 10.1 Å². The number of anilines is 1. The molecule has 1 aliphatic heterocycles. The van der Waals surface area contributed by atoms with E-state index in [0.29, 0.717) is 17.7 Å². The van der Waals surface area contributed by atoms with E-state index in [1.807, 2.05) is 12.1 Å². The van der Waals surface area contributed by atoms with E-state index in [0.717, 1.165) is 5.69 Å². The first-order valence-electron chi connectivity index (χ1n) is 11.2. The highest BCUT2D eigenvalue weighted by Gasteiger charge is 2.32. The predicted octanol–water partition coefficient (Wildman–Crippen LogP) is 2.87. The van der Waals surface area contributed by atoms with Gasteiger partial charge in [-0.2, -0.15) is 0 Å². The Morgan fingerprint density at radius 2 is 1.94 bits per heavy atom. The van der Waals surface area contributed by atoms with Crippen LogP contribution in [0.15, 0.2) is 71.8 Å². The van der Waals surface area contributed by atoms with Crippen molar-refractivity contribution in [2.45, 2.75) is 24.3 Å². The van der Waals surface area contributed by atoms with Gasteiger partial charge in [-0.25, -0.2) is 22.3 Å². The molecule has 1 saturated heterocycles. The van der Waals surface area contributed by atoms with Crippen LogP contribution in [0, 0.1) is 5.82 Å². The van der Waals surface area contributed by atoms with Crippen LogP contribution in [-0.2, 0) is 26.0 Å². The normalized spacial score (nSPS) is 15.6. The lowest BCUT2D eigenvalue weighted by molar-refractivity contribution is -0.119. The van der Waals surface area contributed by atoms with Crippen molar-refractivity contribution in [1.82, 2.24) is 15.0 Å². The molecule has 0 saturated carbocycles. The first-order valence-corrected chi connectivity index (χ1v) is 12.7. The van der Waals surface area contributed by atoms with Crippen LogP contribution >= 0.6 is 0 Å². The number of rotatable bonds is 9. The van der Waals surface area contributed by atoms with Crippen LogP contribution in [0.5, 0.6) is 0 Å². The minimum absolute atomic E-state index is 0.0642. The standard InChI is InChI=1S/C25H25FN4O5S/c1-17(31)28-15-21-16-30(25(32)35-21)20-7-10-23(24(26)14-20)18-5-8-22(9-6-18)36(33,34)29-13-11-19-4-2-3-12-27-19/h2-10,12,14,21,29H,11,13,15-16H2,1H3,(H,28,31). The molecule has 1 unspecified atom stereocenters.